The first-order chi connectivity index (χ1) is 41.1. The first kappa shape index (κ1) is 54.7. The van der Waals surface area contributed by atoms with Crippen LogP contribution in [0.15, 0.2) is 229 Å². The van der Waals surface area contributed by atoms with Crippen molar-refractivity contribution in [2.24, 2.45) is 0 Å². The summed E-state index contributed by atoms with van der Waals surface area (Å²) in [7, 11) is 0. The fraction of sp³-hybridized carbons (Fsp3) is 0.200. The molecule has 14 rings (SSSR count). The molecule has 0 amide bonds. The largest absolute Gasteiger partial charge is 0.452 e. The molecule has 0 bridgehead atoms. The quantitative estimate of drug-likeness (QED) is 0.149. The maximum Gasteiger partial charge on any atom is 0.252 e. The summed E-state index contributed by atoms with van der Waals surface area (Å²) in [6.07, 6.45) is 1.69. The fourth-order valence-corrected chi connectivity index (χ4v) is 13.0. The Labute approximate surface area is 508 Å². The summed E-state index contributed by atoms with van der Waals surface area (Å²) in [5.74, 6) is 0. The van der Waals surface area contributed by atoms with Crippen LogP contribution in [0.3, 0.4) is 0 Å². The van der Waals surface area contributed by atoms with E-state index in [0.29, 0.717) is 5.58 Å². The highest BCUT2D eigenvalue weighted by atomic mass is 16.3. The number of anilines is 6. The van der Waals surface area contributed by atoms with Gasteiger partial charge in [-0.05, 0) is 165 Å². The highest BCUT2D eigenvalue weighted by Gasteiger charge is 2.44. The van der Waals surface area contributed by atoms with Crippen molar-refractivity contribution in [3.63, 3.8) is 0 Å². The van der Waals surface area contributed by atoms with Gasteiger partial charge in [0, 0.05) is 45.1 Å². The second-order valence-corrected chi connectivity index (χ2v) is 28.0. The second kappa shape index (κ2) is 20.2. The van der Waals surface area contributed by atoms with E-state index in [4.69, 9.17) is 14.4 Å². The third kappa shape index (κ3) is 9.60. The lowest BCUT2D eigenvalue weighted by molar-refractivity contribution is 0.590. The Morgan fingerprint density at radius 2 is 0.686 bits per heavy atom. The number of rotatable bonds is 7. The van der Waals surface area contributed by atoms with Gasteiger partial charge in [0.25, 0.3) is 6.71 Å². The van der Waals surface area contributed by atoms with Crippen molar-refractivity contribution in [1.29, 1.82) is 0 Å². The van der Waals surface area contributed by atoms with Gasteiger partial charge in [0.1, 0.15) is 23.1 Å². The van der Waals surface area contributed by atoms with E-state index in [1.807, 2.05) is 18.2 Å². The smallest absolute Gasteiger partial charge is 0.252 e. The molecule has 0 N–H and O–H groups in total. The number of para-hydroxylation sites is 1. The lowest BCUT2D eigenvalue weighted by Crippen LogP contribution is -2.61. The summed E-state index contributed by atoms with van der Waals surface area (Å²) in [6.45, 7) is 27.2. The zero-order chi connectivity index (χ0) is 59.6. The first-order valence-electron chi connectivity index (χ1n) is 30.5. The van der Waals surface area contributed by atoms with Gasteiger partial charge >= 0.3 is 0 Å². The molecule has 5 nitrogen and oxygen atoms in total. The molecule has 0 saturated carbocycles. The molecule has 0 fully saturated rings. The Kier molecular flexibility index (Phi) is 12.8. The minimum Gasteiger partial charge on any atom is -0.452 e. The van der Waals surface area contributed by atoms with Crippen molar-refractivity contribution in [3.05, 3.63) is 247 Å². The van der Waals surface area contributed by atoms with Gasteiger partial charge in [0.05, 0.1) is 0 Å². The second-order valence-electron chi connectivity index (χ2n) is 28.0. The molecule has 2 aromatic heterocycles. The van der Waals surface area contributed by atoms with Crippen molar-refractivity contribution in [3.8, 4) is 55.8 Å². The van der Waals surface area contributed by atoms with E-state index in [2.05, 4.69) is 293 Å². The SMILES string of the molecule is CC(C)(C)c1ccc(-c2ccc(N3c4ccc(-c5ccc(C(C)(C)C)cc5)cc4B4c5cc(-c6ccc(C(C)(C)C)cc6)ccc5N(c5ccc(-c6ccc(C(C)(C)C)cc6)cc5)c5cc(-c6ncnc7c6oc6ccccc67)cc3c54)cc2)cc1. The van der Waals surface area contributed by atoms with E-state index in [1.54, 1.807) is 6.33 Å². The van der Waals surface area contributed by atoms with Crippen molar-refractivity contribution >= 4 is 79.3 Å². The van der Waals surface area contributed by atoms with Crippen LogP contribution in [-0.2, 0) is 21.7 Å². The van der Waals surface area contributed by atoms with Crippen LogP contribution in [0.1, 0.15) is 105 Å². The van der Waals surface area contributed by atoms with Gasteiger partial charge in [-0.1, -0.05) is 241 Å². The summed E-state index contributed by atoms with van der Waals surface area (Å²) in [5, 5.41) is 0.964. The molecule has 2 aliphatic heterocycles. The molecule has 2 aliphatic rings. The highest BCUT2D eigenvalue weighted by Crippen LogP contribution is 2.49. The summed E-state index contributed by atoms with van der Waals surface area (Å²) in [6, 6.07) is 82.2. The minimum atomic E-state index is -0.174. The average molecular weight is 1120 g/mol. The van der Waals surface area contributed by atoms with Gasteiger partial charge in [0.15, 0.2) is 5.58 Å². The number of hydrogen-bond acceptors (Lipinski definition) is 5. The van der Waals surface area contributed by atoms with Crippen LogP contribution < -0.4 is 26.2 Å². The van der Waals surface area contributed by atoms with Crippen molar-refractivity contribution < 1.29 is 4.42 Å². The Balaban J connectivity index is 1.04. The number of furan rings is 1. The molecular formula is C80H73BN4O. The lowest BCUT2D eigenvalue weighted by Gasteiger charge is -2.44. The molecule has 12 aromatic rings. The van der Waals surface area contributed by atoms with Crippen molar-refractivity contribution in [2.75, 3.05) is 9.80 Å². The highest BCUT2D eigenvalue weighted by molar-refractivity contribution is 7.00. The van der Waals surface area contributed by atoms with Crippen LogP contribution in [0.2, 0.25) is 0 Å². The molecule has 10 aromatic carbocycles. The molecule has 0 atom stereocenters. The molecule has 6 heteroatoms. The fourth-order valence-electron chi connectivity index (χ4n) is 13.0. The number of hydrogen-bond donors (Lipinski definition) is 0. The van der Waals surface area contributed by atoms with E-state index in [1.165, 1.54) is 83.1 Å². The molecule has 86 heavy (non-hydrogen) atoms. The van der Waals surface area contributed by atoms with E-state index in [9.17, 15) is 0 Å². The Morgan fingerprint density at radius 1 is 0.337 bits per heavy atom. The van der Waals surface area contributed by atoms with E-state index in [0.717, 1.165) is 61.9 Å². The van der Waals surface area contributed by atoms with Gasteiger partial charge in [-0.25, -0.2) is 9.97 Å². The zero-order valence-corrected chi connectivity index (χ0v) is 51.6. The first-order valence-corrected chi connectivity index (χ1v) is 30.5. The Morgan fingerprint density at radius 3 is 1.07 bits per heavy atom. The van der Waals surface area contributed by atoms with Crippen LogP contribution in [0.5, 0.6) is 0 Å². The third-order valence-corrected chi connectivity index (χ3v) is 18.1. The standard InChI is InChI=1S/C80H73BN4O/c1-77(2,3)59-31-17-50(18-32-59)52-25-39-63(40-26-52)84-68-43-29-56(54-21-35-61(36-22-54)79(7,8)9)45-66(68)81-67-46-57(55-23-37-62(38-24-55)80(10,11)12)30-44-69(67)85(64-41-27-53(28-42-64)51-19-33-60(34-20-51)78(4,5)6)71-48-58(47-70(84)73(71)81)74-76-75(83-49-82-74)65-15-13-14-16-72(65)86-76/h13-49H,1-12H3. The van der Waals surface area contributed by atoms with Gasteiger partial charge < -0.3 is 14.2 Å². The van der Waals surface area contributed by atoms with Crippen LogP contribution in [0, 0.1) is 0 Å². The van der Waals surface area contributed by atoms with Crippen molar-refractivity contribution in [1.82, 2.24) is 9.97 Å². The average Bonchev–Trinajstić information content (AvgIpc) is 1.19. The molecule has 4 heterocycles. The maximum absolute atomic E-state index is 6.80. The van der Waals surface area contributed by atoms with Gasteiger partial charge in [0.2, 0.25) is 0 Å². The summed E-state index contributed by atoms with van der Waals surface area (Å²) >= 11 is 0. The Bertz CT molecular complexity index is 4330. The number of aromatic nitrogens is 2. The summed E-state index contributed by atoms with van der Waals surface area (Å²) < 4.78 is 6.80. The predicted molar refractivity (Wildman–Crippen MR) is 365 cm³/mol. The normalized spacial score (nSPS) is 13.3. The van der Waals surface area contributed by atoms with Gasteiger partial charge in [-0.3, -0.25) is 0 Å². The van der Waals surface area contributed by atoms with Gasteiger partial charge in [-0.2, -0.15) is 0 Å². The van der Waals surface area contributed by atoms with Crippen LogP contribution in [0.4, 0.5) is 34.1 Å². The van der Waals surface area contributed by atoms with E-state index < -0.39 is 0 Å². The van der Waals surface area contributed by atoms with Crippen molar-refractivity contribution in [2.45, 2.75) is 105 Å². The molecule has 0 aliphatic carbocycles. The van der Waals surface area contributed by atoms with Gasteiger partial charge in [-0.15, -0.1) is 0 Å². The summed E-state index contributed by atoms with van der Waals surface area (Å²) in [5.41, 5.74) is 29.0. The molecular weight excluding hydrogens is 1040 g/mol. The monoisotopic (exact) mass is 1120 g/mol. The molecule has 0 unspecified atom stereocenters. The third-order valence-electron chi connectivity index (χ3n) is 18.1. The number of fused-ring (bicyclic) bond motifs is 7. The maximum atomic E-state index is 6.80. The summed E-state index contributed by atoms with van der Waals surface area (Å²) in [4.78, 5) is 15.0. The van der Waals surface area contributed by atoms with E-state index in [-0.39, 0.29) is 28.4 Å². The van der Waals surface area contributed by atoms with E-state index >= 15 is 0 Å². The predicted octanol–water partition coefficient (Wildman–Crippen LogP) is 20.0. The molecule has 0 saturated heterocycles. The topological polar surface area (TPSA) is 45.4 Å². The number of benzene rings is 10. The van der Waals surface area contributed by atoms with Crippen LogP contribution >= 0.6 is 0 Å². The molecule has 422 valence electrons. The molecule has 0 radical (unpaired) electrons. The number of nitrogens with zero attached hydrogens (tertiary/aromatic N) is 4. The lowest BCUT2D eigenvalue weighted by atomic mass is 9.33. The van der Waals surface area contributed by atoms with Crippen LogP contribution in [0.25, 0.3) is 77.8 Å². The Hall–Kier alpha value is -9.26. The van der Waals surface area contributed by atoms with Crippen LogP contribution in [-0.4, -0.2) is 16.7 Å². The zero-order valence-electron chi connectivity index (χ0n) is 51.6. The molecule has 0 spiro atoms. The minimum absolute atomic E-state index is 0.0295.